The van der Waals surface area contributed by atoms with Crippen LogP contribution in [0.1, 0.15) is 38.4 Å². The van der Waals surface area contributed by atoms with Gasteiger partial charge >= 0.3 is 0 Å². The molecule has 0 aromatic carbocycles. The lowest BCUT2D eigenvalue weighted by Crippen LogP contribution is -2.39. The predicted molar refractivity (Wildman–Crippen MR) is 71.7 cm³/mol. The summed E-state index contributed by atoms with van der Waals surface area (Å²) in [4.78, 5) is 2.45. The van der Waals surface area contributed by atoms with Crippen molar-refractivity contribution in [2.75, 3.05) is 13.6 Å². The third kappa shape index (κ3) is 2.96. The molecule has 17 heavy (non-hydrogen) atoms. The third-order valence-electron chi connectivity index (χ3n) is 3.63. The molecule has 1 atom stereocenters. The van der Waals surface area contributed by atoms with Gasteiger partial charge in [0.05, 0.1) is 0 Å². The molecule has 1 fully saturated rings. The molecule has 0 aliphatic carbocycles. The van der Waals surface area contributed by atoms with Gasteiger partial charge in [0.25, 0.3) is 0 Å². The van der Waals surface area contributed by atoms with Crippen LogP contribution in [0.3, 0.4) is 0 Å². The number of aryl methyl sites for hydroxylation is 1. The van der Waals surface area contributed by atoms with E-state index in [0.717, 1.165) is 30.0 Å². The van der Waals surface area contributed by atoms with Crippen molar-refractivity contribution in [3.8, 4) is 0 Å². The zero-order chi connectivity index (χ0) is 12.3. The molecule has 1 aromatic rings. The minimum Gasteiger partial charge on any atom is -0.303 e. The number of nitrogens with one attached hydrogen (secondary N) is 1. The highest BCUT2D eigenvalue weighted by Crippen LogP contribution is 2.17. The van der Waals surface area contributed by atoms with Gasteiger partial charge in [0.2, 0.25) is 0 Å². The van der Waals surface area contributed by atoms with Crippen LogP contribution in [-0.2, 0) is 13.0 Å². The van der Waals surface area contributed by atoms with Crippen molar-refractivity contribution in [2.24, 2.45) is 0 Å². The number of piperidine rings is 1. The minimum absolute atomic E-state index is 0.614. The fourth-order valence-electron chi connectivity index (χ4n) is 2.54. The Hall–Kier alpha value is -0.680. The third-order valence-corrected chi connectivity index (χ3v) is 3.94. The van der Waals surface area contributed by atoms with E-state index in [1.165, 1.54) is 25.8 Å². The second-order valence-electron chi connectivity index (χ2n) is 4.94. The van der Waals surface area contributed by atoms with E-state index < -0.39 is 0 Å². The van der Waals surface area contributed by atoms with Crippen molar-refractivity contribution in [1.82, 2.24) is 19.7 Å². The maximum absolute atomic E-state index is 5.32. The van der Waals surface area contributed by atoms with Crippen molar-refractivity contribution in [3.63, 3.8) is 0 Å². The Morgan fingerprint density at radius 1 is 1.47 bits per heavy atom. The van der Waals surface area contributed by atoms with Crippen LogP contribution in [0, 0.1) is 4.77 Å². The highest BCUT2D eigenvalue weighted by molar-refractivity contribution is 7.71. The first-order valence-corrected chi connectivity index (χ1v) is 6.97. The van der Waals surface area contributed by atoms with Crippen LogP contribution in [0.2, 0.25) is 0 Å². The Balaban J connectivity index is 2.11. The van der Waals surface area contributed by atoms with Gasteiger partial charge in [-0.05, 0) is 45.1 Å². The molecule has 1 saturated heterocycles. The Morgan fingerprint density at radius 3 is 3.00 bits per heavy atom. The van der Waals surface area contributed by atoms with Crippen LogP contribution < -0.4 is 0 Å². The van der Waals surface area contributed by atoms with Crippen LogP contribution in [-0.4, -0.2) is 39.3 Å². The number of hydrogen-bond donors (Lipinski definition) is 1. The summed E-state index contributed by atoms with van der Waals surface area (Å²) in [6, 6.07) is 0.614. The van der Waals surface area contributed by atoms with Gasteiger partial charge in [-0.25, -0.2) is 0 Å². The van der Waals surface area contributed by atoms with E-state index in [-0.39, 0.29) is 0 Å². The number of likely N-dealkylation sites (N-methyl/N-ethyl adjacent to an activating group) is 1. The first-order chi connectivity index (χ1) is 8.22. The van der Waals surface area contributed by atoms with E-state index >= 15 is 0 Å². The maximum Gasteiger partial charge on any atom is 0.195 e. The number of rotatable bonds is 4. The van der Waals surface area contributed by atoms with Gasteiger partial charge in [-0.15, -0.1) is 0 Å². The van der Waals surface area contributed by atoms with E-state index in [1.54, 1.807) is 0 Å². The summed E-state index contributed by atoms with van der Waals surface area (Å²) in [6.45, 7) is 4.37. The van der Waals surface area contributed by atoms with Crippen LogP contribution in [0.25, 0.3) is 0 Å². The molecule has 2 heterocycles. The second-order valence-corrected chi connectivity index (χ2v) is 5.32. The zero-order valence-electron chi connectivity index (χ0n) is 10.8. The lowest BCUT2D eigenvalue weighted by atomic mass is 10.0. The van der Waals surface area contributed by atoms with Crippen molar-refractivity contribution >= 4 is 12.2 Å². The molecule has 0 bridgehead atoms. The quantitative estimate of drug-likeness (QED) is 0.838. The molecule has 5 heteroatoms. The van der Waals surface area contributed by atoms with E-state index in [4.69, 9.17) is 12.2 Å². The fourth-order valence-corrected chi connectivity index (χ4v) is 2.76. The summed E-state index contributed by atoms with van der Waals surface area (Å²) in [7, 11) is 2.22. The van der Waals surface area contributed by atoms with E-state index in [0.29, 0.717) is 6.04 Å². The molecule has 1 aliphatic rings. The number of aromatic nitrogens is 3. The molecule has 1 N–H and O–H groups in total. The molecule has 1 aliphatic heterocycles. The molecular weight excluding hydrogens is 232 g/mol. The first-order valence-electron chi connectivity index (χ1n) is 6.56. The van der Waals surface area contributed by atoms with Crippen LogP contribution in [0.5, 0.6) is 0 Å². The molecule has 1 unspecified atom stereocenters. The highest BCUT2D eigenvalue weighted by atomic mass is 32.1. The Morgan fingerprint density at radius 2 is 2.29 bits per heavy atom. The summed E-state index contributed by atoms with van der Waals surface area (Å²) in [5.41, 5.74) is 0. The monoisotopic (exact) mass is 254 g/mol. The van der Waals surface area contributed by atoms with Gasteiger partial charge in [0, 0.05) is 19.0 Å². The Labute approximate surface area is 108 Å². The average molecular weight is 254 g/mol. The van der Waals surface area contributed by atoms with Gasteiger partial charge in [-0.3, -0.25) is 5.10 Å². The molecule has 0 radical (unpaired) electrons. The average Bonchev–Trinajstić information content (AvgIpc) is 2.65. The molecule has 4 nitrogen and oxygen atoms in total. The fraction of sp³-hybridized carbons (Fsp3) is 0.833. The second kappa shape index (κ2) is 5.78. The van der Waals surface area contributed by atoms with Crippen LogP contribution in [0.4, 0.5) is 0 Å². The van der Waals surface area contributed by atoms with E-state index in [1.807, 2.05) is 0 Å². The summed E-state index contributed by atoms with van der Waals surface area (Å²) in [6.07, 6.45) is 6.05. The highest BCUT2D eigenvalue weighted by Gasteiger charge is 2.20. The standard InChI is InChI=1S/C12H22N4S/c1-3-6-11-13-14-12(17)16(11)9-10-7-4-5-8-15(10)2/h10H,3-9H2,1-2H3,(H,14,17). The number of hydrogen-bond acceptors (Lipinski definition) is 3. The normalized spacial score (nSPS) is 21.9. The summed E-state index contributed by atoms with van der Waals surface area (Å²) >= 11 is 5.32. The first kappa shape index (κ1) is 12.8. The molecule has 0 amide bonds. The molecule has 0 spiro atoms. The summed E-state index contributed by atoms with van der Waals surface area (Å²) in [5, 5.41) is 7.25. The molecule has 2 rings (SSSR count). The minimum atomic E-state index is 0.614. The van der Waals surface area contributed by atoms with E-state index in [2.05, 4.69) is 33.6 Å². The Bertz CT molecular complexity index is 409. The molecule has 96 valence electrons. The molecule has 1 aromatic heterocycles. The smallest absolute Gasteiger partial charge is 0.195 e. The lowest BCUT2D eigenvalue weighted by molar-refractivity contribution is 0.166. The van der Waals surface area contributed by atoms with Crippen LogP contribution in [0.15, 0.2) is 0 Å². The number of aromatic amines is 1. The predicted octanol–water partition coefficient (Wildman–Crippen LogP) is 2.38. The SMILES string of the molecule is CCCc1n[nH]c(=S)n1CC1CCCCN1C. The van der Waals surface area contributed by atoms with Crippen molar-refractivity contribution in [2.45, 2.75) is 51.6 Å². The maximum atomic E-state index is 5.32. The van der Waals surface area contributed by atoms with Crippen molar-refractivity contribution in [3.05, 3.63) is 10.6 Å². The van der Waals surface area contributed by atoms with Crippen LogP contribution >= 0.6 is 12.2 Å². The molecule has 0 saturated carbocycles. The van der Waals surface area contributed by atoms with Gasteiger partial charge < -0.3 is 9.47 Å². The van der Waals surface area contributed by atoms with Crippen molar-refractivity contribution < 1.29 is 0 Å². The van der Waals surface area contributed by atoms with E-state index in [9.17, 15) is 0 Å². The zero-order valence-corrected chi connectivity index (χ0v) is 11.6. The summed E-state index contributed by atoms with van der Waals surface area (Å²) in [5.74, 6) is 1.11. The van der Waals surface area contributed by atoms with Gasteiger partial charge in [0.15, 0.2) is 4.77 Å². The van der Waals surface area contributed by atoms with Gasteiger partial charge in [-0.1, -0.05) is 13.3 Å². The van der Waals surface area contributed by atoms with Crippen molar-refractivity contribution in [1.29, 1.82) is 0 Å². The topological polar surface area (TPSA) is 36.9 Å². The van der Waals surface area contributed by atoms with Gasteiger partial charge in [0.1, 0.15) is 5.82 Å². The Kier molecular flexibility index (Phi) is 4.34. The number of H-pyrrole nitrogens is 1. The summed E-state index contributed by atoms with van der Waals surface area (Å²) < 4.78 is 2.96. The number of nitrogens with zero attached hydrogens (tertiary/aromatic N) is 3. The van der Waals surface area contributed by atoms with Gasteiger partial charge in [-0.2, -0.15) is 5.10 Å². The lowest BCUT2D eigenvalue weighted by Gasteiger charge is -2.32. The molecular formula is C12H22N4S. The number of likely N-dealkylation sites (tertiary alicyclic amines) is 1. The largest absolute Gasteiger partial charge is 0.303 e.